The van der Waals surface area contributed by atoms with Gasteiger partial charge in [-0.1, -0.05) is 0 Å². The van der Waals surface area contributed by atoms with E-state index in [4.69, 9.17) is 15.0 Å². The van der Waals surface area contributed by atoms with Crippen LogP contribution in [0.4, 0.5) is 9.50 Å². The Hall–Kier alpha value is -0.268. The highest BCUT2D eigenvalue weighted by Crippen LogP contribution is 1.42. The van der Waals surface area contributed by atoms with Crippen molar-refractivity contribution >= 4 is 23.5 Å². The number of hydrogen-bond donors (Lipinski definition) is 2. The van der Waals surface area contributed by atoms with Gasteiger partial charge >= 0.3 is 6.16 Å². The van der Waals surface area contributed by atoms with Gasteiger partial charge < -0.3 is 10.2 Å². The molecule has 0 heterocycles. The Morgan fingerprint density at radius 3 is 1.33 bits per heavy atom. The highest BCUT2D eigenvalue weighted by molar-refractivity contribution is 5.75. The molecule has 38 valence electrons. The molecule has 0 amide bonds. The van der Waals surface area contributed by atoms with Gasteiger partial charge in [0.15, 0.2) is 17.4 Å². The molecule has 0 saturated heterocycles. The van der Waals surface area contributed by atoms with Crippen molar-refractivity contribution in [3.05, 3.63) is 0 Å². The highest BCUT2D eigenvalue weighted by Gasteiger charge is 1.70. The molecule has 6 heavy (non-hydrogen) atoms. The topological polar surface area (TPSA) is 57.5 Å². The van der Waals surface area contributed by atoms with Crippen molar-refractivity contribution in [2.75, 3.05) is 0 Å². The second-order valence-corrected chi connectivity index (χ2v) is 0.283. The molecule has 0 fully saturated rings. The molecule has 0 rings (SSSR count). The number of carbonyl (C=O) groups is 1. The Kier molecular flexibility index (Phi) is 25.3. The number of rotatable bonds is 0. The summed E-state index contributed by atoms with van der Waals surface area (Å²) in [6.45, 7) is 0. The molecule has 0 aliphatic carbocycles. The Morgan fingerprint density at radius 1 is 1.33 bits per heavy atom. The lowest BCUT2D eigenvalue weighted by molar-refractivity contribution is 0.137. The summed E-state index contributed by atoms with van der Waals surface area (Å²) >= 11 is 0. The van der Waals surface area contributed by atoms with Crippen LogP contribution in [0.25, 0.3) is 0 Å². The summed E-state index contributed by atoms with van der Waals surface area (Å²) in [4.78, 5) is 8.56. The first-order valence-corrected chi connectivity index (χ1v) is 0.651. The van der Waals surface area contributed by atoms with Gasteiger partial charge in [-0.25, -0.2) is 4.79 Å². The largest absolute Gasteiger partial charge is 0.503 e. The fourth-order valence-corrected chi connectivity index (χ4v) is 0. The molecule has 0 spiro atoms. The van der Waals surface area contributed by atoms with Crippen LogP contribution in [-0.4, -0.2) is 33.7 Å². The summed E-state index contributed by atoms with van der Waals surface area (Å²) < 4.78 is 0. The summed E-state index contributed by atoms with van der Waals surface area (Å²) in [6, 6.07) is 0. The van der Waals surface area contributed by atoms with E-state index in [1.165, 1.54) is 0 Å². The minimum absolute atomic E-state index is 0. The molecule has 0 unspecified atom stereocenters. The maximum atomic E-state index is 8.56. The van der Waals surface area contributed by atoms with Gasteiger partial charge in [0.05, 0.1) is 0 Å². The van der Waals surface area contributed by atoms with Crippen LogP contribution in [0.15, 0.2) is 0 Å². The van der Waals surface area contributed by atoms with E-state index in [2.05, 4.69) is 0 Å². The summed E-state index contributed by atoms with van der Waals surface area (Å²) in [5, 5.41) is 13.9. The Bertz CT molecular complexity index is 33.8. The van der Waals surface area contributed by atoms with E-state index in [9.17, 15) is 0 Å². The monoisotopic (exact) mass is 112 g/mol. The van der Waals surface area contributed by atoms with Crippen LogP contribution in [0.5, 0.6) is 0 Å². The van der Waals surface area contributed by atoms with E-state index in [0.29, 0.717) is 0 Å². The minimum atomic E-state index is -1.83. The predicted molar refractivity (Wildman–Crippen MR) is 23.1 cm³/mol. The van der Waals surface area contributed by atoms with Crippen LogP contribution in [-0.2, 0) is 0 Å². The number of halogens is 1. The fourth-order valence-electron chi connectivity index (χ4n) is 0. The molecular weight excluding hydrogens is 106 g/mol. The van der Waals surface area contributed by atoms with Gasteiger partial charge in [0, 0.05) is 0 Å². The zero-order chi connectivity index (χ0) is 3.58. The van der Waals surface area contributed by atoms with Gasteiger partial charge in [-0.3, -0.25) is 4.70 Å². The lowest BCUT2D eigenvalue weighted by Crippen LogP contribution is -1.81. The van der Waals surface area contributed by atoms with Crippen LogP contribution in [0.3, 0.4) is 0 Å². The molecule has 0 saturated carbocycles. The molecule has 0 aromatic heterocycles. The third-order valence-corrected chi connectivity index (χ3v) is 0. The molecule has 0 aliphatic heterocycles. The quantitative estimate of drug-likeness (QED) is 0.403. The fraction of sp³-hybridized carbons (Fsp3) is 0. The Morgan fingerprint density at radius 2 is 1.33 bits per heavy atom. The van der Waals surface area contributed by atoms with Gasteiger partial charge in [0.2, 0.25) is 0 Å². The molecule has 0 aromatic carbocycles. The van der Waals surface area contributed by atoms with Gasteiger partial charge in [-0.15, -0.1) is 0 Å². The van der Waals surface area contributed by atoms with Crippen molar-refractivity contribution in [2.45, 2.75) is 0 Å². The van der Waals surface area contributed by atoms with Gasteiger partial charge in [0.1, 0.15) is 0 Å². The standard InChI is InChI=1S/CH2O3.Al.FH.3H/c2-1(3)4;;;;;/h(H2,2,3,4);;1H;;;. The van der Waals surface area contributed by atoms with Crippen molar-refractivity contribution in [1.29, 1.82) is 0 Å². The first-order chi connectivity index (χ1) is 1.73. The second-order valence-electron chi connectivity index (χ2n) is 0.283. The van der Waals surface area contributed by atoms with Crippen molar-refractivity contribution in [1.82, 2.24) is 0 Å². The van der Waals surface area contributed by atoms with Crippen LogP contribution < -0.4 is 0 Å². The molecule has 3 nitrogen and oxygen atoms in total. The van der Waals surface area contributed by atoms with Crippen LogP contribution in [0, 0.1) is 0 Å². The van der Waals surface area contributed by atoms with E-state index in [-0.39, 0.29) is 22.1 Å². The zero-order valence-electron chi connectivity index (χ0n) is 2.21. The van der Waals surface area contributed by atoms with E-state index in [1.807, 2.05) is 0 Å². The predicted octanol–water partition coefficient (Wildman–Crippen LogP) is -0.809. The zero-order valence-corrected chi connectivity index (χ0v) is 2.21. The van der Waals surface area contributed by atoms with E-state index < -0.39 is 6.16 Å². The van der Waals surface area contributed by atoms with Crippen LogP contribution in [0.1, 0.15) is 0 Å². The van der Waals surface area contributed by atoms with Gasteiger partial charge in [-0.05, 0) is 0 Å². The molecular formula is CH6AlFO3. The average Bonchev–Trinajstić information content (AvgIpc) is 0.811. The van der Waals surface area contributed by atoms with Crippen molar-refractivity contribution in [3.63, 3.8) is 0 Å². The van der Waals surface area contributed by atoms with Crippen molar-refractivity contribution < 1.29 is 19.7 Å². The normalized spacial score (nSPS) is 4.00. The number of carboxylic acid groups (broad SMARTS) is 2. The van der Waals surface area contributed by atoms with Crippen molar-refractivity contribution in [3.8, 4) is 0 Å². The lowest BCUT2D eigenvalue weighted by Gasteiger charge is -1.60. The summed E-state index contributed by atoms with van der Waals surface area (Å²) in [6.07, 6.45) is -1.83. The van der Waals surface area contributed by atoms with Crippen molar-refractivity contribution in [2.24, 2.45) is 0 Å². The third-order valence-electron chi connectivity index (χ3n) is 0. The van der Waals surface area contributed by atoms with E-state index in [1.54, 1.807) is 0 Å². The third kappa shape index (κ3) is 389. The Labute approximate surface area is 44.1 Å². The number of hydrogen-bond acceptors (Lipinski definition) is 1. The first kappa shape index (κ1) is 17.2. The van der Waals surface area contributed by atoms with E-state index >= 15 is 0 Å². The smallest absolute Gasteiger partial charge is 0.450 e. The molecule has 0 atom stereocenters. The summed E-state index contributed by atoms with van der Waals surface area (Å²) in [5.74, 6) is 0. The molecule has 0 bridgehead atoms. The van der Waals surface area contributed by atoms with Gasteiger partial charge in [-0.2, -0.15) is 0 Å². The summed E-state index contributed by atoms with van der Waals surface area (Å²) in [7, 11) is 0. The van der Waals surface area contributed by atoms with Crippen LogP contribution >= 0.6 is 0 Å². The molecule has 0 radical (unpaired) electrons. The molecule has 0 aliphatic rings. The van der Waals surface area contributed by atoms with Gasteiger partial charge in [0.25, 0.3) is 0 Å². The van der Waals surface area contributed by atoms with E-state index in [0.717, 1.165) is 0 Å². The lowest BCUT2D eigenvalue weighted by atomic mass is 11.5. The first-order valence-electron chi connectivity index (χ1n) is 0.651. The second kappa shape index (κ2) is 8.83. The van der Waals surface area contributed by atoms with Crippen LogP contribution in [0.2, 0.25) is 0 Å². The maximum absolute atomic E-state index is 8.56. The maximum Gasteiger partial charge on any atom is 0.503 e. The minimum Gasteiger partial charge on any atom is -0.450 e. The SMILES string of the molecule is F.O=C(O)O.[AlH3]. The molecule has 5 heteroatoms. The molecule has 0 aromatic rings. The highest BCUT2D eigenvalue weighted by atomic mass is 27.0. The molecule has 2 N–H and O–H groups in total. The Balaban J connectivity index is -0.0000000450. The average molecular weight is 112 g/mol. The summed E-state index contributed by atoms with van der Waals surface area (Å²) in [5.41, 5.74) is 0.